The average Bonchev–Trinajstić information content (AvgIpc) is 2.67. The minimum absolute atomic E-state index is 0.986. The number of thiophene rings is 1. The Morgan fingerprint density at radius 1 is 1.50 bits per heavy atom. The molecule has 78 valence electrons. The number of ether oxygens (including phenoxy) is 1. The normalized spacial score (nSPS) is 18.4. The van der Waals surface area contributed by atoms with Gasteiger partial charge in [0.05, 0.1) is 7.11 Å². The summed E-state index contributed by atoms with van der Waals surface area (Å²) in [6.07, 6.45) is 0. The first-order valence-electron chi connectivity index (χ1n) is 4.93. The zero-order valence-corrected chi connectivity index (χ0v) is 9.27. The maximum Gasteiger partial charge on any atom is 0.129 e. The van der Waals surface area contributed by atoms with Gasteiger partial charge in [-0.15, -0.1) is 11.3 Å². The minimum atomic E-state index is 0.986. The lowest BCUT2D eigenvalue weighted by molar-refractivity contribution is 0.235. The molecule has 0 amide bonds. The van der Waals surface area contributed by atoms with E-state index >= 15 is 0 Å². The van der Waals surface area contributed by atoms with E-state index in [1.54, 1.807) is 18.4 Å². The molecule has 1 aliphatic heterocycles. The summed E-state index contributed by atoms with van der Waals surface area (Å²) < 4.78 is 5.16. The van der Waals surface area contributed by atoms with Gasteiger partial charge < -0.3 is 10.1 Å². The van der Waals surface area contributed by atoms with Gasteiger partial charge in [0.15, 0.2) is 0 Å². The van der Waals surface area contributed by atoms with Crippen LogP contribution in [0.3, 0.4) is 0 Å². The third-order valence-corrected chi connectivity index (χ3v) is 3.35. The van der Waals surface area contributed by atoms with Gasteiger partial charge in [0.1, 0.15) is 5.75 Å². The molecule has 1 aliphatic rings. The van der Waals surface area contributed by atoms with Crippen LogP contribution in [-0.4, -0.2) is 38.2 Å². The molecule has 0 atom stereocenters. The topological polar surface area (TPSA) is 24.5 Å². The van der Waals surface area contributed by atoms with Crippen LogP contribution in [0.15, 0.2) is 11.4 Å². The van der Waals surface area contributed by atoms with Crippen LogP contribution >= 0.6 is 11.3 Å². The van der Waals surface area contributed by atoms with E-state index in [9.17, 15) is 0 Å². The fourth-order valence-corrected chi connectivity index (χ4v) is 2.51. The van der Waals surface area contributed by atoms with Gasteiger partial charge >= 0.3 is 0 Å². The molecule has 0 saturated carbocycles. The minimum Gasteiger partial charge on any atom is -0.496 e. The fourth-order valence-electron chi connectivity index (χ4n) is 1.64. The van der Waals surface area contributed by atoms with Crippen LogP contribution < -0.4 is 10.1 Å². The van der Waals surface area contributed by atoms with Crippen LogP contribution in [0.25, 0.3) is 0 Å². The second-order valence-electron chi connectivity index (χ2n) is 3.48. The Hall–Kier alpha value is -0.580. The molecular weight excluding hydrogens is 196 g/mol. The van der Waals surface area contributed by atoms with Gasteiger partial charge in [-0.05, 0) is 6.07 Å². The van der Waals surface area contributed by atoms with Crippen molar-refractivity contribution in [2.45, 2.75) is 6.54 Å². The predicted molar refractivity (Wildman–Crippen MR) is 59.0 cm³/mol. The fraction of sp³-hybridized carbons (Fsp3) is 0.600. The number of methoxy groups -OCH3 is 1. The number of hydrogen-bond donors (Lipinski definition) is 1. The number of nitrogens with one attached hydrogen (secondary N) is 1. The summed E-state index contributed by atoms with van der Waals surface area (Å²) in [5, 5.41) is 5.42. The van der Waals surface area contributed by atoms with E-state index in [0.29, 0.717) is 0 Å². The van der Waals surface area contributed by atoms with Crippen LogP contribution in [0.2, 0.25) is 0 Å². The first-order valence-corrected chi connectivity index (χ1v) is 5.81. The monoisotopic (exact) mass is 212 g/mol. The Labute approximate surface area is 88.7 Å². The zero-order valence-electron chi connectivity index (χ0n) is 8.45. The molecule has 0 unspecified atom stereocenters. The summed E-state index contributed by atoms with van der Waals surface area (Å²) in [5.74, 6) is 0.986. The van der Waals surface area contributed by atoms with Gasteiger partial charge in [0.2, 0.25) is 0 Å². The SMILES string of the molecule is COc1csc(CN2CCNCC2)c1. The van der Waals surface area contributed by atoms with E-state index < -0.39 is 0 Å². The summed E-state index contributed by atoms with van der Waals surface area (Å²) in [6.45, 7) is 5.60. The summed E-state index contributed by atoms with van der Waals surface area (Å²) in [4.78, 5) is 3.87. The van der Waals surface area contributed by atoms with E-state index in [0.717, 1.165) is 38.5 Å². The summed E-state index contributed by atoms with van der Waals surface area (Å²) >= 11 is 1.78. The molecule has 2 rings (SSSR count). The number of nitrogens with zero attached hydrogens (tertiary/aromatic N) is 1. The van der Waals surface area contributed by atoms with Crippen molar-refractivity contribution in [3.8, 4) is 5.75 Å². The van der Waals surface area contributed by atoms with E-state index in [2.05, 4.69) is 21.7 Å². The highest BCUT2D eigenvalue weighted by atomic mass is 32.1. The summed E-state index contributed by atoms with van der Waals surface area (Å²) in [7, 11) is 1.72. The average molecular weight is 212 g/mol. The van der Waals surface area contributed by atoms with Crippen LogP contribution in [0.1, 0.15) is 4.88 Å². The molecule has 1 aromatic rings. The van der Waals surface area contributed by atoms with Gasteiger partial charge in [-0.2, -0.15) is 0 Å². The largest absolute Gasteiger partial charge is 0.496 e. The third kappa shape index (κ3) is 2.47. The van der Waals surface area contributed by atoms with E-state index in [1.165, 1.54) is 4.88 Å². The van der Waals surface area contributed by atoms with Gasteiger partial charge in [-0.1, -0.05) is 0 Å². The van der Waals surface area contributed by atoms with Crippen molar-refractivity contribution >= 4 is 11.3 Å². The van der Waals surface area contributed by atoms with E-state index in [1.807, 2.05) is 0 Å². The molecule has 0 radical (unpaired) electrons. The van der Waals surface area contributed by atoms with Crippen LogP contribution in [0, 0.1) is 0 Å². The lowest BCUT2D eigenvalue weighted by Crippen LogP contribution is -2.42. The van der Waals surface area contributed by atoms with Crippen LogP contribution in [0.4, 0.5) is 0 Å². The molecule has 0 bridgehead atoms. The number of piperazine rings is 1. The molecule has 4 heteroatoms. The number of hydrogen-bond acceptors (Lipinski definition) is 4. The molecule has 0 aromatic carbocycles. The maximum atomic E-state index is 5.16. The molecule has 0 spiro atoms. The second-order valence-corrected chi connectivity index (χ2v) is 4.47. The van der Waals surface area contributed by atoms with Crippen molar-refractivity contribution in [2.75, 3.05) is 33.3 Å². The van der Waals surface area contributed by atoms with Crippen molar-refractivity contribution in [2.24, 2.45) is 0 Å². The molecule has 1 fully saturated rings. The summed E-state index contributed by atoms with van der Waals surface area (Å²) in [6, 6.07) is 2.13. The van der Waals surface area contributed by atoms with E-state index in [4.69, 9.17) is 4.74 Å². The third-order valence-electron chi connectivity index (χ3n) is 2.45. The quantitative estimate of drug-likeness (QED) is 0.814. The second kappa shape index (κ2) is 4.77. The lowest BCUT2D eigenvalue weighted by Gasteiger charge is -2.26. The predicted octanol–water partition coefficient (Wildman–Crippen LogP) is 1.16. The Morgan fingerprint density at radius 2 is 2.29 bits per heavy atom. The lowest BCUT2D eigenvalue weighted by atomic mass is 10.3. The van der Waals surface area contributed by atoms with Crippen LogP contribution in [-0.2, 0) is 6.54 Å². The van der Waals surface area contributed by atoms with Gasteiger partial charge in [0, 0.05) is 43.0 Å². The Balaban J connectivity index is 1.89. The van der Waals surface area contributed by atoms with Gasteiger partial charge in [0.25, 0.3) is 0 Å². The molecule has 1 saturated heterocycles. The highest BCUT2D eigenvalue weighted by Gasteiger charge is 2.10. The van der Waals surface area contributed by atoms with Gasteiger partial charge in [-0.25, -0.2) is 0 Å². The molecular formula is C10H16N2OS. The smallest absolute Gasteiger partial charge is 0.129 e. The molecule has 1 aromatic heterocycles. The summed E-state index contributed by atoms with van der Waals surface area (Å²) in [5.41, 5.74) is 0. The Morgan fingerprint density at radius 3 is 2.93 bits per heavy atom. The molecule has 1 N–H and O–H groups in total. The highest BCUT2D eigenvalue weighted by Crippen LogP contribution is 2.22. The maximum absolute atomic E-state index is 5.16. The van der Waals surface area contributed by atoms with Crippen molar-refractivity contribution < 1.29 is 4.74 Å². The Kier molecular flexibility index (Phi) is 3.39. The van der Waals surface area contributed by atoms with Gasteiger partial charge in [-0.3, -0.25) is 4.90 Å². The Bertz CT molecular complexity index is 281. The van der Waals surface area contributed by atoms with E-state index in [-0.39, 0.29) is 0 Å². The van der Waals surface area contributed by atoms with Crippen molar-refractivity contribution in [3.05, 3.63) is 16.3 Å². The standard InChI is InChI=1S/C10H16N2OS/c1-13-9-6-10(14-8-9)7-12-4-2-11-3-5-12/h6,8,11H,2-5,7H2,1H3. The highest BCUT2D eigenvalue weighted by molar-refractivity contribution is 7.10. The molecule has 0 aliphatic carbocycles. The zero-order chi connectivity index (χ0) is 9.80. The molecule has 3 nitrogen and oxygen atoms in total. The van der Waals surface area contributed by atoms with Crippen molar-refractivity contribution in [1.82, 2.24) is 10.2 Å². The molecule has 2 heterocycles. The molecule has 14 heavy (non-hydrogen) atoms. The van der Waals surface area contributed by atoms with Crippen molar-refractivity contribution in [3.63, 3.8) is 0 Å². The first kappa shape index (κ1) is 9.96. The van der Waals surface area contributed by atoms with Crippen molar-refractivity contribution in [1.29, 1.82) is 0 Å². The first-order chi connectivity index (χ1) is 6.88. The number of rotatable bonds is 3. The van der Waals surface area contributed by atoms with Crippen LogP contribution in [0.5, 0.6) is 5.75 Å².